The molecule has 2 aromatic carbocycles. The largest absolute Gasteiger partial charge is 0.454 e. The maximum Gasteiger partial charge on any atom is 0.251 e. The maximum absolute atomic E-state index is 12.5. The number of ether oxygens (including phenoxy) is 2. The van der Waals surface area contributed by atoms with Gasteiger partial charge in [0.15, 0.2) is 11.5 Å². The number of fused-ring (bicyclic) bond motifs is 2. The SMILES string of the molecule is C[C@H](NC(=O)c1ccc2c(c1)OCO2)c1ccc2c(c1)CCC(=O)N2. The van der Waals surface area contributed by atoms with Gasteiger partial charge in [0.2, 0.25) is 12.7 Å². The van der Waals surface area contributed by atoms with Gasteiger partial charge in [0, 0.05) is 17.7 Å². The standard InChI is InChI=1S/C19H18N2O4/c1-11(12-2-5-15-13(8-12)4-7-18(22)21-15)20-19(23)14-3-6-16-17(9-14)25-10-24-16/h2-3,5-6,8-9,11H,4,7,10H2,1H3,(H,20,23)(H,21,22)/t11-/m0/s1. The molecule has 6 heteroatoms. The highest BCUT2D eigenvalue weighted by Crippen LogP contribution is 2.32. The summed E-state index contributed by atoms with van der Waals surface area (Å²) in [6.45, 7) is 2.12. The quantitative estimate of drug-likeness (QED) is 0.902. The minimum atomic E-state index is -0.170. The van der Waals surface area contributed by atoms with Crippen LogP contribution >= 0.6 is 0 Å². The summed E-state index contributed by atoms with van der Waals surface area (Å²) in [4.78, 5) is 23.9. The highest BCUT2D eigenvalue weighted by Gasteiger charge is 2.19. The Morgan fingerprint density at radius 3 is 2.84 bits per heavy atom. The van der Waals surface area contributed by atoms with E-state index in [9.17, 15) is 9.59 Å². The van der Waals surface area contributed by atoms with Gasteiger partial charge in [0.1, 0.15) is 0 Å². The summed E-state index contributed by atoms with van der Waals surface area (Å²) in [6, 6.07) is 10.9. The van der Waals surface area contributed by atoms with E-state index in [2.05, 4.69) is 10.6 Å². The van der Waals surface area contributed by atoms with Crippen LogP contribution in [0.4, 0.5) is 5.69 Å². The van der Waals surface area contributed by atoms with Gasteiger partial charge in [-0.2, -0.15) is 0 Å². The summed E-state index contributed by atoms with van der Waals surface area (Å²) in [5.41, 5.74) is 3.49. The number of nitrogens with one attached hydrogen (secondary N) is 2. The molecule has 0 saturated carbocycles. The molecule has 2 aliphatic rings. The molecule has 0 radical (unpaired) electrons. The number of carbonyl (C=O) groups is 2. The average molecular weight is 338 g/mol. The van der Waals surface area contributed by atoms with Gasteiger partial charge in [0.25, 0.3) is 5.91 Å². The molecule has 0 saturated heterocycles. The van der Waals surface area contributed by atoms with Gasteiger partial charge in [-0.15, -0.1) is 0 Å². The second-order valence-electron chi connectivity index (χ2n) is 6.23. The van der Waals surface area contributed by atoms with Gasteiger partial charge in [-0.1, -0.05) is 12.1 Å². The molecule has 0 bridgehead atoms. The molecule has 0 unspecified atom stereocenters. The van der Waals surface area contributed by atoms with Crippen molar-refractivity contribution in [1.29, 1.82) is 0 Å². The summed E-state index contributed by atoms with van der Waals surface area (Å²) in [5.74, 6) is 1.12. The Kier molecular flexibility index (Phi) is 3.80. The maximum atomic E-state index is 12.5. The molecule has 0 spiro atoms. The average Bonchev–Trinajstić information content (AvgIpc) is 3.08. The Morgan fingerprint density at radius 1 is 1.12 bits per heavy atom. The first-order valence-corrected chi connectivity index (χ1v) is 8.23. The van der Waals surface area contributed by atoms with Gasteiger partial charge in [0.05, 0.1) is 6.04 Å². The van der Waals surface area contributed by atoms with E-state index in [-0.39, 0.29) is 24.6 Å². The van der Waals surface area contributed by atoms with Crippen molar-refractivity contribution >= 4 is 17.5 Å². The first-order valence-electron chi connectivity index (χ1n) is 8.23. The number of anilines is 1. The zero-order valence-corrected chi connectivity index (χ0v) is 13.8. The summed E-state index contributed by atoms with van der Waals surface area (Å²) < 4.78 is 10.6. The molecule has 25 heavy (non-hydrogen) atoms. The summed E-state index contributed by atoms with van der Waals surface area (Å²) in [7, 11) is 0. The van der Waals surface area contributed by atoms with Crippen LogP contribution < -0.4 is 20.1 Å². The molecule has 2 aliphatic heterocycles. The minimum absolute atomic E-state index is 0.0457. The Morgan fingerprint density at radius 2 is 1.96 bits per heavy atom. The van der Waals surface area contributed by atoms with E-state index in [4.69, 9.17) is 9.47 Å². The van der Waals surface area contributed by atoms with Crippen LogP contribution in [-0.2, 0) is 11.2 Å². The first kappa shape index (κ1) is 15.5. The van der Waals surface area contributed by atoms with Crippen LogP contribution in [0.1, 0.15) is 40.9 Å². The molecular formula is C19H18N2O4. The second kappa shape index (κ2) is 6.12. The molecule has 6 nitrogen and oxygen atoms in total. The molecule has 0 aliphatic carbocycles. The molecule has 2 heterocycles. The third-order valence-corrected chi connectivity index (χ3v) is 4.51. The lowest BCUT2D eigenvalue weighted by molar-refractivity contribution is -0.116. The van der Waals surface area contributed by atoms with Crippen LogP contribution in [-0.4, -0.2) is 18.6 Å². The molecular weight excluding hydrogens is 320 g/mol. The van der Waals surface area contributed by atoms with Crippen molar-refractivity contribution < 1.29 is 19.1 Å². The van der Waals surface area contributed by atoms with E-state index in [1.54, 1.807) is 18.2 Å². The Labute approximate surface area is 145 Å². The first-order chi connectivity index (χ1) is 12.1. The van der Waals surface area contributed by atoms with Crippen LogP contribution in [0.3, 0.4) is 0 Å². The van der Waals surface area contributed by atoms with Crippen molar-refractivity contribution in [1.82, 2.24) is 5.32 Å². The second-order valence-corrected chi connectivity index (χ2v) is 6.23. The number of carbonyl (C=O) groups excluding carboxylic acids is 2. The molecule has 2 N–H and O–H groups in total. The number of benzene rings is 2. The number of hydrogen-bond donors (Lipinski definition) is 2. The highest BCUT2D eigenvalue weighted by atomic mass is 16.7. The normalized spacial score (nSPS) is 16.0. The number of amides is 2. The summed E-state index contributed by atoms with van der Waals surface area (Å²) in [5, 5.41) is 5.86. The van der Waals surface area contributed by atoms with Crippen molar-refractivity contribution in [3.8, 4) is 11.5 Å². The Balaban J connectivity index is 1.49. The molecule has 0 fully saturated rings. The summed E-state index contributed by atoms with van der Waals surface area (Å²) in [6.07, 6.45) is 1.21. The van der Waals surface area contributed by atoms with Gasteiger partial charge >= 0.3 is 0 Å². The fraction of sp³-hybridized carbons (Fsp3) is 0.263. The summed E-state index contributed by atoms with van der Waals surface area (Å²) >= 11 is 0. The lowest BCUT2D eigenvalue weighted by Crippen LogP contribution is -2.27. The minimum Gasteiger partial charge on any atom is -0.454 e. The predicted molar refractivity (Wildman–Crippen MR) is 91.8 cm³/mol. The molecule has 128 valence electrons. The van der Waals surface area contributed by atoms with Crippen LogP contribution in [0.2, 0.25) is 0 Å². The zero-order valence-electron chi connectivity index (χ0n) is 13.8. The van der Waals surface area contributed by atoms with Crippen LogP contribution in [0.25, 0.3) is 0 Å². The van der Waals surface area contributed by atoms with Gasteiger partial charge in [-0.05, 0) is 48.7 Å². The number of hydrogen-bond acceptors (Lipinski definition) is 4. The van der Waals surface area contributed by atoms with Gasteiger partial charge in [-0.25, -0.2) is 0 Å². The Hall–Kier alpha value is -3.02. The number of aryl methyl sites for hydroxylation is 1. The van der Waals surface area contributed by atoms with Crippen LogP contribution in [0.15, 0.2) is 36.4 Å². The fourth-order valence-electron chi connectivity index (χ4n) is 3.07. The fourth-order valence-corrected chi connectivity index (χ4v) is 3.07. The van der Waals surface area contributed by atoms with Crippen molar-refractivity contribution in [2.75, 3.05) is 12.1 Å². The molecule has 1 atom stereocenters. The lowest BCUT2D eigenvalue weighted by atomic mass is 9.97. The van der Waals surface area contributed by atoms with E-state index < -0.39 is 0 Å². The van der Waals surface area contributed by atoms with Crippen molar-refractivity contribution in [2.24, 2.45) is 0 Å². The molecule has 0 aromatic heterocycles. The van der Waals surface area contributed by atoms with Gasteiger partial charge in [-0.3, -0.25) is 9.59 Å². The zero-order chi connectivity index (χ0) is 17.4. The van der Waals surface area contributed by atoms with E-state index in [0.29, 0.717) is 23.5 Å². The highest BCUT2D eigenvalue weighted by molar-refractivity contribution is 5.95. The van der Waals surface area contributed by atoms with Crippen LogP contribution in [0.5, 0.6) is 11.5 Å². The number of rotatable bonds is 3. The van der Waals surface area contributed by atoms with Crippen molar-refractivity contribution in [3.63, 3.8) is 0 Å². The molecule has 2 aromatic rings. The lowest BCUT2D eigenvalue weighted by Gasteiger charge is -2.20. The van der Waals surface area contributed by atoms with E-state index in [1.165, 1.54) is 0 Å². The van der Waals surface area contributed by atoms with Crippen molar-refractivity contribution in [3.05, 3.63) is 53.1 Å². The van der Waals surface area contributed by atoms with E-state index >= 15 is 0 Å². The third kappa shape index (κ3) is 3.03. The van der Waals surface area contributed by atoms with Crippen molar-refractivity contribution in [2.45, 2.75) is 25.8 Å². The molecule has 4 rings (SSSR count). The topological polar surface area (TPSA) is 76.7 Å². The monoisotopic (exact) mass is 338 g/mol. The smallest absolute Gasteiger partial charge is 0.251 e. The third-order valence-electron chi connectivity index (χ3n) is 4.51. The van der Waals surface area contributed by atoms with E-state index in [0.717, 1.165) is 23.2 Å². The predicted octanol–water partition coefficient (Wildman–Crippen LogP) is 2.79. The van der Waals surface area contributed by atoms with Gasteiger partial charge < -0.3 is 20.1 Å². The van der Waals surface area contributed by atoms with E-state index in [1.807, 2.05) is 25.1 Å². The Bertz CT molecular complexity index is 862. The molecule has 2 amide bonds. The van der Waals surface area contributed by atoms with Crippen LogP contribution in [0, 0.1) is 0 Å².